The summed E-state index contributed by atoms with van der Waals surface area (Å²) < 4.78 is 11.5. The van der Waals surface area contributed by atoms with Crippen LogP contribution in [0.5, 0.6) is 11.5 Å². The molecule has 6 rings (SSSR count). The van der Waals surface area contributed by atoms with Gasteiger partial charge in [0.1, 0.15) is 24.7 Å². The van der Waals surface area contributed by atoms with Crippen molar-refractivity contribution in [3.8, 4) is 11.5 Å². The number of aromatic amines is 2. The lowest BCUT2D eigenvalue weighted by Crippen LogP contribution is -1.96. The van der Waals surface area contributed by atoms with E-state index in [-0.39, 0.29) is 0 Å². The van der Waals surface area contributed by atoms with Gasteiger partial charge < -0.3 is 19.4 Å². The maximum absolute atomic E-state index is 6.28. The Kier molecular flexibility index (Phi) is 9.00. The average Bonchev–Trinajstić information content (AvgIpc) is 3.73. The fraction of sp³-hybridized carbons (Fsp3) is 0.267. The highest BCUT2D eigenvalue weighted by Gasteiger charge is 2.11. The van der Waals surface area contributed by atoms with Gasteiger partial charge in [-0.15, -0.1) is 22.7 Å². The molecule has 2 aromatic carbocycles. The van der Waals surface area contributed by atoms with Crippen LogP contribution in [-0.2, 0) is 13.2 Å². The Balaban J connectivity index is 0.000000161. The van der Waals surface area contributed by atoms with Crippen LogP contribution in [0.15, 0.2) is 59.0 Å². The predicted octanol–water partition coefficient (Wildman–Crippen LogP) is 9.96. The number of hydrogen-bond donors (Lipinski definition) is 2. The molecule has 6 aromatic rings. The van der Waals surface area contributed by atoms with Crippen LogP contribution in [0.2, 0.25) is 10.0 Å². The minimum Gasteiger partial charge on any atom is -0.486 e. The number of nitrogens with one attached hydrogen (secondary N) is 2. The van der Waals surface area contributed by atoms with Gasteiger partial charge in [-0.1, -0.05) is 50.9 Å². The summed E-state index contributed by atoms with van der Waals surface area (Å²) in [6.07, 6.45) is 1.81. The van der Waals surface area contributed by atoms with E-state index in [2.05, 4.69) is 59.8 Å². The maximum Gasteiger partial charge on any atom is 0.140 e. The van der Waals surface area contributed by atoms with Crippen molar-refractivity contribution in [1.82, 2.24) is 19.9 Å². The zero-order valence-corrected chi connectivity index (χ0v) is 25.8. The van der Waals surface area contributed by atoms with Crippen LogP contribution in [0, 0.1) is 0 Å². The molecule has 0 aliphatic rings. The van der Waals surface area contributed by atoms with Crippen LogP contribution in [-0.4, -0.2) is 19.9 Å². The van der Waals surface area contributed by atoms with E-state index in [0.29, 0.717) is 46.6 Å². The lowest BCUT2D eigenvalue weighted by Gasteiger charge is -2.06. The quantitative estimate of drug-likeness (QED) is 0.179. The van der Waals surface area contributed by atoms with E-state index >= 15 is 0 Å². The number of aromatic nitrogens is 4. The Bertz CT molecular complexity index is 1560. The number of benzene rings is 2. The molecule has 0 fully saturated rings. The summed E-state index contributed by atoms with van der Waals surface area (Å²) >= 11 is 15.7. The van der Waals surface area contributed by atoms with E-state index in [4.69, 9.17) is 32.7 Å². The van der Waals surface area contributed by atoms with E-state index in [9.17, 15) is 0 Å². The second-order valence-electron chi connectivity index (χ2n) is 10.0. The minimum atomic E-state index is 0.437. The molecule has 0 bridgehead atoms. The molecule has 0 atom stereocenters. The molecule has 0 spiro atoms. The van der Waals surface area contributed by atoms with Crippen molar-refractivity contribution in [3.63, 3.8) is 0 Å². The number of hydrogen-bond acceptors (Lipinski definition) is 6. The van der Waals surface area contributed by atoms with Gasteiger partial charge in [-0.05, 0) is 36.1 Å². The van der Waals surface area contributed by atoms with Crippen molar-refractivity contribution < 1.29 is 9.47 Å². The second kappa shape index (κ2) is 12.6. The summed E-state index contributed by atoms with van der Waals surface area (Å²) in [6, 6.07) is 12.1. The molecule has 0 unspecified atom stereocenters. The first kappa shape index (κ1) is 28.5. The zero-order valence-electron chi connectivity index (χ0n) is 22.6. The molecule has 0 radical (unpaired) electrons. The van der Waals surface area contributed by atoms with Crippen molar-refractivity contribution in [2.75, 3.05) is 0 Å². The molecule has 2 N–H and O–H groups in total. The predicted molar refractivity (Wildman–Crippen MR) is 168 cm³/mol. The Morgan fingerprint density at radius 3 is 1.82 bits per heavy atom. The first-order valence-corrected chi connectivity index (χ1v) is 15.5. The largest absolute Gasteiger partial charge is 0.486 e. The summed E-state index contributed by atoms with van der Waals surface area (Å²) in [5, 5.41) is 5.46. The van der Waals surface area contributed by atoms with Crippen molar-refractivity contribution in [2.45, 2.75) is 52.7 Å². The van der Waals surface area contributed by atoms with Gasteiger partial charge in [-0.2, -0.15) is 0 Å². The molecule has 208 valence electrons. The minimum absolute atomic E-state index is 0.437. The van der Waals surface area contributed by atoms with Crippen molar-refractivity contribution >= 4 is 67.7 Å². The van der Waals surface area contributed by atoms with Crippen molar-refractivity contribution in [3.05, 3.63) is 91.0 Å². The topological polar surface area (TPSA) is 75.8 Å². The third kappa shape index (κ3) is 6.81. The molecule has 0 aliphatic heterocycles. The maximum atomic E-state index is 6.28. The Morgan fingerprint density at radius 1 is 0.775 bits per heavy atom. The van der Waals surface area contributed by atoms with Crippen molar-refractivity contribution in [2.24, 2.45) is 0 Å². The monoisotopic (exact) mass is 612 g/mol. The van der Waals surface area contributed by atoms with Gasteiger partial charge in [-0.25, -0.2) is 4.98 Å². The molecule has 0 amide bonds. The lowest BCUT2D eigenvalue weighted by atomic mass is 10.1. The number of nitrogens with zero attached hydrogens (tertiary/aromatic N) is 2. The number of fused-ring (bicyclic) bond motifs is 2. The molecule has 4 heterocycles. The Hall–Kier alpha value is -3.04. The third-order valence-corrected chi connectivity index (χ3v) is 8.32. The molecule has 0 saturated carbocycles. The van der Waals surface area contributed by atoms with Gasteiger partial charge in [0.05, 0.1) is 31.6 Å². The smallest absolute Gasteiger partial charge is 0.140 e. The fourth-order valence-electron chi connectivity index (χ4n) is 4.08. The SMILES string of the molecule is CC(C)c1cc2cc(Cl)c(OCc3cncs3)cc2[nH]1.CC(C)c1cc2cc(Cl)c(OCc3cscn3)cc2[nH]1. The van der Waals surface area contributed by atoms with Gasteiger partial charge >= 0.3 is 0 Å². The Morgan fingerprint density at radius 2 is 1.35 bits per heavy atom. The van der Waals surface area contributed by atoms with Gasteiger partial charge in [0.15, 0.2) is 0 Å². The molecule has 10 heteroatoms. The number of halogens is 2. The number of ether oxygens (including phenoxy) is 2. The summed E-state index contributed by atoms with van der Waals surface area (Å²) in [6.45, 7) is 9.57. The van der Waals surface area contributed by atoms with E-state index < -0.39 is 0 Å². The first-order valence-electron chi connectivity index (χ1n) is 12.9. The Labute approximate surface area is 251 Å². The average molecular weight is 614 g/mol. The number of H-pyrrole nitrogens is 2. The second-order valence-corrected chi connectivity index (χ2v) is 12.5. The van der Waals surface area contributed by atoms with Crippen LogP contribution in [0.3, 0.4) is 0 Å². The van der Waals surface area contributed by atoms with Gasteiger partial charge in [0.2, 0.25) is 0 Å². The summed E-state index contributed by atoms with van der Waals surface area (Å²) in [5.41, 5.74) is 9.01. The third-order valence-electron chi connectivity index (χ3n) is 6.34. The fourth-order valence-corrected chi connectivity index (χ4v) is 5.58. The molecule has 40 heavy (non-hydrogen) atoms. The first-order chi connectivity index (χ1) is 19.3. The number of thiazole rings is 2. The number of rotatable bonds is 8. The highest BCUT2D eigenvalue weighted by molar-refractivity contribution is 7.09. The zero-order chi connectivity index (χ0) is 28.2. The van der Waals surface area contributed by atoms with E-state index in [0.717, 1.165) is 32.4 Å². The van der Waals surface area contributed by atoms with E-state index in [1.165, 1.54) is 11.4 Å². The van der Waals surface area contributed by atoms with Gasteiger partial charge in [0.25, 0.3) is 0 Å². The van der Waals surface area contributed by atoms with Crippen LogP contribution in [0.25, 0.3) is 21.8 Å². The van der Waals surface area contributed by atoms with Crippen molar-refractivity contribution in [1.29, 1.82) is 0 Å². The van der Waals surface area contributed by atoms with Crippen LogP contribution in [0.4, 0.5) is 0 Å². The van der Waals surface area contributed by atoms with Crippen LogP contribution >= 0.6 is 45.9 Å². The summed E-state index contributed by atoms with van der Waals surface area (Å²) in [4.78, 5) is 16.1. The molecule has 0 saturated heterocycles. The van der Waals surface area contributed by atoms with E-state index in [1.807, 2.05) is 35.8 Å². The molecular weight excluding hydrogens is 583 g/mol. The molecular formula is C30H30Cl2N4O2S2. The summed E-state index contributed by atoms with van der Waals surface area (Å²) in [7, 11) is 0. The van der Waals surface area contributed by atoms with Gasteiger partial charge in [0, 0.05) is 56.9 Å². The molecule has 6 nitrogen and oxygen atoms in total. The molecule has 0 aliphatic carbocycles. The summed E-state index contributed by atoms with van der Waals surface area (Å²) in [5.74, 6) is 2.30. The standard InChI is InChI=1S/2C15H15ClN2OS/c1-9(2)13-4-10-3-12(16)15(5-14(10)18-13)19-6-11-7-20-8-17-11;1-9(2)13-4-10-3-12(16)15(5-14(10)18-13)19-7-11-6-17-8-20-11/h3-5,7-9,18H,6H2,1-2H3;3-6,8-9,18H,7H2,1-2H3. The normalized spacial score (nSPS) is 11.4. The van der Waals surface area contributed by atoms with Gasteiger partial charge in [-0.3, -0.25) is 4.98 Å². The highest BCUT2D eigenvalue weighted by atomic mass is 35.5. The highest BCUT2D eigenvalue weighted by Crippen LogP contribution is 2.33. The van der Waals surface area contributed by atoms with Crippen LogP contribution < -0.4 is 9.47 Å². The van der Waals surface area contributed by atoms with Crippen LogP contribution in [0.1, 0.15) is 61.5 Å². The molecule has 4 aromatic heterocycles. The van der Waals surface area contributed by atoms with E-state index in [1.54, 1.807) is 33.7 Å². The lowest BCUT2D eigenvalue weighted by molar-refractivity contribution is 0.302.